The van der Waals surface area contributed by atoms with E-state index in [1.165, 1.54) is 12.8 Å². The third kappa shape index (κ3) is 3.75. The lowest BCUT2D eigenvalue weighted by Gasteiger charge is -2.24. The Morgan fingerprint density at radius 2 is 2.38 bits per heavy atom. The Hall–Kier alpha value is -1.56. The molecular weight excluding hydrogens is 268 g/mol. The second-order valence-electron chi connectivity index (χ2n) is 6.15. The lowest BCUT2D eigenvalue weighted by atomic mass is 9.99. The molecule has 116 valence electrons. The number of aromatic nitrogens is 2. The van der Waals surface area contributed by atoms with Gasteiger partial charge in [0.25, 0.3) is 0 Å². The van der Waals surface area contributed by atoms with Crippen LogP contribution in [0.3, 0.4) is 0 Å². The van der Waals surface area contributed by atoms with E-state index in [0.29, 0.717) is 25.0 Å². The minimum absolute atomic E-state index is 0.0691. The second kappa shape index (κ2) is 6.47. The molecule has 6 heteroatoms. The zero-order valence-corrected chi connectivity index (χ0v) is 12.5. The molecule has 2 atom stereocenters. The third-order valence-corrected chi connectivity index (χ3v) is 4.44. The second-order valence-corrected chi connectivity index (χ2v) is 6.15. The Labute approximate surface area is 125 Å². The van der Waals surface area contributed by atoms with E-state index in [1.807, 2.05) is 12.4 Å². The van der Waals surface area contributed by atoms with Crippen molar-refractivity contribution in [2.45, 2.75) is 38.3 Å². The predicted molar refractivity (Wildman–Crippen MR) is 79.0 cm³/mol. The van der Waals surface area contributed by atoms with Crippen LogP contribution in [0.25, 0.3) is 0 Å². The first-order valence-corrected chi connectivity index (χ1v) is 7.79. The monoisotopic (exact) mass is 292 g/mol. The lowest BCUT2D eigenvalue weighted by molar-refractivity contribution is 0.157. The van der Waals surface area contributed by atoms with E-state index in [9.17, 15) is 4.79 Å². The van der Waals surface area contributed by atoms with Crippen LogP contribution in [0.2, 0.25) is 0 Å². The molecule has 0 saturated heterocycles. The van der Waals surface area contributed by atoms with Crippen LogP contribution in [0, 0.1) is 11.8 Å². The van der Waals surface area contributed by atoms with Crippen LogP contribution in [-0.2, 0) is 17.7 Å². The maximum absolute atomic E-state index is 12.0. The van der Waals surface area contributed by atoms with Gasteiger partial charge in [-0.15, -0.1) is 0 Å². The molecule has 1 fully saturated rings. The molecule has 2 aliphatic rings. The van der Waals surface area contributed by atoms with E-state index >= 15 is 0 Å². The van der Waals surface area contributed by atoms with Crippen LogP contribution in [-0.4, -0.2) is 41.9 Å². The van der Waals surface area contributed by atoms with Gasteiger partial charge in [0.15, 0.2) is 0 Å². The van der Waals surface area contributed by atoms with Crippen molar-refractivity contribution in [1.29, 1.82) is 0 Å². The molecule has 2 amide bonds. The zero-order valence-electron chi connectivity index (χ0n) is 12.5. The highest BCUT2D eigenvalue weighted by Gasteiger charge is 2.32. The Morgan fingerprint density at radius 3 is 3.14 bits per heavy atom. The Balaban J connectivity index is 1.41. The highest BCUT2D eigenvalue weighted by molar-refractivity contribution is 5.74. The summed E-state index contributed by atoms with van der Waals surface area (Å²) in [4.78, 5) is 16.3. The number of imidazole rings is 1. The van der Waals surface area contributed by atoms with E-state index in [-0.39, 0.29) is 12.1 Å². The Bertz CT molecular complexity index is 484. The number of amides is 2. The minimum Gasteiger partial charge on any atom is -0.383 e. The summed E-state index contributed by atoms with van der Waals surface area (Å²) in [6.07, 6.45) is 8.34. The van der Waals surface area contributed by atoms with Crippen LogP contribution in [0.15, 0.2) is 12.4 Å². The number of fused-ring (bicyclic) bond motifs is 1. The zero-order chi connectivity index (χ0) is 14.7. The summed E-state index contributed by atoms with van der Waals surface area (Å²) in [6, 6.07) is 0.0852. The number of nitrogens with zero attached hydrogens (tertiary/aromatic N) is 2. The van der Waals surface area contributed by atoms with E-state index in [4.69, 9.17) is 4.74 Å². The molecule has 1 aliphatic carbocycles. The maximum atomic E-state index is 12.0. The average Bonchev–Trinajstić information content (AvgIpc) is 3.22. The molecule has 1 aliphatic heterocycles. The highest BCUT2D eigenvalue weighted by atomic mass is 16.5. The molecule has 0 unspecified atom stereocenters. The smallest absolute Gasteiger partial charge is 0.315 e. The van der Waals surface area contributed by atoms with E-state index in [2.05, 4.69) is 20.2 Å². The molecule has 1 aromatic rings. The van der Waals surface area contributed by atoms with Gasteiger partial charge < -0.3 is 19.9 Å². The summed E-state index contributed by atoms with van der Waals surface area (Å²) in [6.45, 7) is 2.26. The summed E-state index contributed by atoms with van der Waals surface area (Å²) in [7, 11) is 1.68. The van der Waals surface area contributed by atoms with Crippen molar-refractivity contribution in [1.82, 2.24) is 20.2 Å². The van der Waals surface area contributed by atoms with Gasteiger partial charge in [0.05, 0.1) is 12.6 Å². The number of aryl methyl sites for hydroxylation is 1. The quantitative estimate of drug-likeness (QED) is 0.827. The van der Waals surface area contributed by atoms with Crippen LogP contribution in [0.5, 0.6) is 0 Å². The number of nitrogens with one attached hydrogen (secondary N) is 2. The SMILES string of the molecule is COC[C@H](NC(=O)NC[C@@H]1CCc2nccn2C1)C1CC1. The molecular formula is C15H24N4O2. The van der Waals surface area contributed by atoms with Gasteiger partial charge in [0.1, 0.15) is 5.82 Å². The summed E-state index contributed by atoms with van der Waals surface area (Å²) in [5, 5.41) is 6.05. The van der Waals surface area contributed by atoms with Gasteiger partial charge in [0.2, 0.25) is 0 Å². The van der Waals surface area contributed by atoms with Crippen molar-refractivity contribution >= 4 is 6.03 Å². The number of hydrogen-bond donors (Lipinski definition) is 2. The van der Waals surface area contributed by atoms with Gasteiger partial charge in [-0.3, -0.25) is 0 Å². The number of rotatable bonds is 6. The number of urea groups is 1. The first kappa shape index (κ1) is 14.4. The molecule has 1 saturated carbocycles. The number of ether oxygens (including phenoxy) is 1. The van der Waals surface area contributed by atoms with Gasteiger partial charge in [-0.1, -0.05) is 0 Å². The number of carbonyl (C=O) groups is 1. The molecule has 2 heterocycles. The van der Waals surface area contributed by atoms with E-state index in [1.54, 1.807) is 7.11 Å². The van der Waals surface area contributed by atoms with Crippen molar-refractivity contribution in [2.24, 2.45) is 11.8 Å². The molecule has 3 rings (SSSR count). The number of hydrogen-bond acceptors (Lipinski definition) is 3. The Kier molecular flexibility index (Phi) is 4.43. The first-order valence-electron chi connectivity index (χ1n) is 7.79. The minimum atomic E-state index is -0.0691. The van der Waals surface area contributed by atoms with Crippen molar-refractivity contribution < 1.29 is 9.53 Å². The fourth-order valence-electron chi connectivity index (χ4n) is 3.03. The normalized spacial score (nSPS) is 22.4. The van der Waals surface area contributed by atoms with Crippen molar-refractivity contribution in [3.8, 4) is 0 Å². The van der Waals surface area contributed by atoms with Gasteiger partial charge in [-0.2, -0.15) is 0 Å². The highest BCUT2D eigenvalue weighted by Crippen LogP contribution is 2.32. The summed E-state index contributed by atoms with van der Waals surface area (Å²) < 4.78 is 7.36. The summed E-state index contributed by atoms with van der Waals surface area (Å²) >= 11 is 0. The number of carbonyl (C=O) groups excluding carboxylic acids is 1. The van der Waals surface area contributed by atoms with Gasteiger partial charge in [-0.25, -0.2) is 9.78 Å². The van der Waals surface area contributed by atoms with Crippen LogP contribution in [0.4, 0.5) is 4.79 Å². The van der Waals surface area contributed by atoms with Gasteiger partial charge in [-0.05, 0) is 31.1 Å². The Morgan fingerprint density at radius 1 is 1.52 bits per heavy atom. The molecule has 1 aromatic heterocycles. The third-order valence-electron chi connectivity index (χ3n) is 4.44. The standard InChI is InChI=1S/C15H24N4O2/c1-21-10-13(12-3-4-12)18-15(20)17-8-11-2-5-14-16-6-7-19(14)9-11/h6-7,11-13H,2-5,8-10H2,1H3,(H2,17,18,20)/t11-,13-/m0/s1. The first-order chi connectivity index (χ1) is 10.3. The van der Waals surface area contributed by atoms with Crippen molar-refractivity contribution in [3.63, 3.8) is 0 Å². The van der Waals surface area contributed by atoms with Gasteiger partial charge >= 0.3 is 6.03 Å². The largest absolute Gasteiger partial charge is 0.383 e. The van der Waals surface area contributed by atoms with E-state index < -0.39 is 0 Å². The fraction of sp³-hybridized carbons (Fsp3) is 0.733. The molecule has 0 spiro atoms. The van der Waals surface area contributed by atoms with Crippen molar-refractivity contribution in [2.75, 3.05) is 20.3 Å². The molecule has 2 N–H and O–H groups in total. The number of methoxy groups -OCH3 is 1. The molecule has 0 aromatic carbocycles. The van der Waals surface area contributed by atoms with Crippen LogP contribution >= 0.6 is 0 Å². The molecule has 6 nitrogen and oxygen atoms in total. The molecule has 0 bridgehead atoms. The average molecular weight is 292 g/mol. The predicted octanol–water partition coefficient (Wildman–Crippen LogP) is 1.17. The fourth-order valence-corrected chi connectivity index (χ4v) is 3.03. The van der Waals surface area contributed by atoms with Crippen LogP contribution < -0.4 is 10.6 Å². The summed E-state index contributed by atoms with van der Waals surface area (Å²) in [5.74, 6) is 2.24. The summed E-state index contributed by atoms with van der Waals surface area (Å²) in [5.41, 5.74) is 0. The molecule has 21 heavy (non-hydrogen) atoms. The lowest BCUT2D eigenvalue weighted by Crippen LogP contribution is -2.47. The van der Waals surface area contributed by atoms with Crippen LogP contribution in [0.1, 0.15) is 25.1 Å². The topological polar surface area (TPSA) is 68.2 Å². The van der Waals surface area contributed by atoms with E-state index in [0.717, 1.165) is 25.2 Å². The van der Waals surface area contributed by atoms with Crippen molar-refractivity contribution in [3.05, 3.63) is 18.2 Å². The van der Waals surface area contributed by atoms with Gasteiger partial charge in [0, 0.05) is 39.0 Å². The molecule has 0 radical (unpaired) electrons. The maximum Gasteiger partial charge on any atom is 0.315 e.